The molecule has 0 aromatic heterocycles. The van der Waals surface area contributed by atoms with Crippen molar-refractivity contribution in [3.63, 3.8) is 0 Å². The second kappa shape index (κ2) is 7.31. The summed E-state index contributed by atoms with van der Waals surface area (Å²) in [5, 5.41) is 19.2. The summed E-state index contributed by atoms with van der Waals surface area (Å²) in [6, 6.07) is 0. The molecule has 0 spiro atoms. The van der Waals surface area contributed by atoms with Crippen molar-refractivity contribution in [1.82, 2.24) is 0 Å². The monoisotopic (exact) mass is 470 g/mol. The van der Waals surface area contributed by atoms with E-state index in [0.717, 1.165) is 0 Å². The van der Waals surface area contributed by atoms with Gasteiger partial charge in [0.1, 0.15) is 0 Å². The van der Waals surface area contributed by atoms with Gasteiger partial charge in [-0.15, -0.1) is 0 Å². The fraction of sp³-hybridized carbons (Fsp3) is 1.00. The number of alkyl halides is 12. The summed E-state index contributed by atoms with van der Waals surface area (Å²) in [5.41, 5.74) is -10.3. The Hall–Kier alpha value is -0.920. The molecule has 0 aromatic rings. The molecular formula is C16H18F12O2. The summed E-state index contributed by atoms with van der Waals surface area (Å²) >= 11 is 0. The van der Waals surface area contributed by atoms with E-state index in [1.54, 1.807) is 0 Å². The van der Waals surface area contributed by atoms with Crippen molar-refractivity contribution in [3.8, 4) is 0 Å². The molecule has 0 aliphatic heterocycles. The fourth-order valence-electron chi connectivity index (χ4n) is 5.07. The van der Waals surface area contributed by atoms with Crippen LogP contribution >= 0.6 is 0 Å². The quantitative estimate of drug-likeness (QED) is 0.522. The van der Waals surface area contributed by atoms with Gasteiger partial charge in [-0.2, -0.15) is 52.7 Å². The predicted octanol–water partition coefficient (Wildman–Crippen LogP) is 5.53. The third-order valence-corrected chi connectivity index (χ3v) is 6.50. The maximum Gasteiger partial charge on any atom is 0.426 e. The molecule has 4 atom stereocenters. The van der Waals surface area contributed by atoms with E-state index in [-0.39, 0.29) is 12.8 Å². The third kappa shape index (κ3) is 3.75. The van der Waals surface area contributed by atoms with Crippen LogP contribution in [0.3, 0.4) is 0 Å². The summed E-state index contributed by atoms with van der Waals surface area (Å²) in [6.45, 7) is 0. The van der Waals surface area contributed by atoms with Crippen LogP contribution in [-0.4, -0.2) is 46.1 Å². The smallest absolute Gasteiger partial charge is 0.373 e. The van der Waals surface area contributed by atoms with Crippen LogP contribution in [-0.2, 0) is 0 Å². The minimum atomic E-state index is -6.15. The normalized spacial score (nSPS) is 30.2. The third-order valence-electron chi connectivity index (χ3n) is 6.50. The van der Waals surface area contributed by atoms with Gasteiger partial charge in [-0.1, -0.05) is 12.8 Å². The van der Waals surface area contributed by atoms with Crippen LogP contribution in [0.4, 0.5) is 52.7 Å². The van der Waals surface area contributed by atoms with Gasteiger partial charge < -0.3 is 10.2 Å². The maximum atomic E-state index is 13.2. The molecular weight excluding hydrogens is 452 g/mol. The first-order valence-electron chi connectivity index (χ1n) is 8.91. The first-order valence-corrected chi connectivity index (χ1v) is 8.91. The summed E-state index contributed by atoms with van der Waals surface area (Å²) in [5.74, 6) is -7.94. The van der Waals surface area contributed by atoms with Gasteiger partial charge in [-0.3, -0.25) is 0 Å². The van der Waals surface area contributed by atoms with Gasteiger partial charge in [0.25, 0.3) is 11.2 Å². The molecule has 0 amide bonds. The minimum absolute atomic E-state index is 0.213. The minimum Gasteiger partial charge on any atom is -0.373 e. The maximum absolute atomic E-state index is 13.2. The van der Waals surface area contributed by atoms with E-state index >= 15 is 0 Å². The number of aliphatic hydroxyl groups is 2. The standard InChI is InChI=1S/C16H18F12O2/c17-13(18,19)11(29,14(20,21)22)8-4-5-9-7(6-8)2-1-3-10(9)12(30,15(23,24)25)16(26,27)28/h7-10,29-30H,1-6H2/t7-,8?,9?,10?/m0/s1. The molecule has 0 radical (unpaired) electrons. The number of hydrogen-bond acceptors (Lipinski definition) is 2. The Balaban J connectivity index is 2.40. The van der Waals surface area contributed by atoms with Gasteiger partial charge in [-0.05, 0) is 37.5 Å². The Bertz CT molecular complexity index is 590. The van der Waals surface area contributed by atoms with Crippen LogP contribution in [0.1, 0.15) is 38.5 Å². The van der Waals surface area contributed by atoms with Gasteiger partial charge in [0.15, 0.2) is 0 Å². The highest BCUT2D eigenvalue weighted by atomic mass is 19.4. The van der Waals surface area contributed by atoms with E-state index in [4.69, 9.17) is 0 Å². The molecule has 3 unspecified atom stereocenters. The van der Waals surface area contributed by atoms with Crippen LogP contribution in [0, 0.1) is 23.7 Å². The average molecular weight is 470 g/mol. The lowest BCUT2D eigenvalue weighted by molar-refractivity contribution is -0.398. The SMILES string of the molecule is OC(C1CCC2C(C(O)(C(F)(F)F)C(F)(F)F)CCC[C@H]2C1)(C(F)(F)F)C(F)(F)F. The second-order valence-corrected chi connectivity index (χ2v) is 8.00. The van der Waals surface area contributed by atoms with Gasteiger partial charge in [-0.25, -0.2) is 0 Å². The molecule has 30 heavy (non-hydrogen) atoms. The zero-order chi connectivity index (χ0) is 23.6. The fourth-order valence-corrected chi connectivity index (χ4v) is 5.07. The van der Waals surface area contributed by atoms with Crippen LogP contribution < -0.4 is 0 Å². The molecule has 2 N–H and O–H groups in total. The molecule has 2 aliphatic rings. The van der Waals surface area contributed by atoms with E-state index in [1.165, 1.54) is 0 Å². The molecule has 0 saturated heterocycles. The zero-order valence-corrected chi connectivity index (χ0v) is 15.0. The second-order valence-electron chi connectivity index (χ2n) is 8.00. The van der Waals surface area contributed by atoms with Gasteiger partial charge in [0.2, 0.25) is 0 Å². The van der Waals surface area contributed by atoms with E-state index in [9.17, 15) is 62.9 Å². The number of fused-ring (bicyclic) bond motifs is 1. The van der Waals surface area contributed by atoms with Crippen molar-refractivity contribution >= 4 is 0 Å². The number of hydrogen-bond donors (Lipinski definition) is 2. The van der Waals surface area contributed by atoms with Crippen molar-refractivity contribution in [2.45, 2.75) is 74.4 Å². The first kappa shape index (κ1) is 25.3. The molecule has 2 fully saturated rings. The van der Waals surface area contributed by atoms with E-state index < -0.39 is 85.3 Å². The molecule has 14 heteroatoms. The molecule has 2 aliphatic carbocycles. The lowest BCUT2D eigenvalue weighted by Crippen LogP contribution is -2.66. The van der Waals surface area contributed by atoms with Crippen LogP contribution in [0.5, 0.6) is 0 Å². The van der Waals surface area contributed by atoms with E-state index in [1.807, 2.05) is 0 Å². The average Bonchev–Trinajstić information content (AvgIpc) is 2.55. The lowest BCUT2D eigenvalue weighted by atomic mass is 9.56. The molecule has 2 nitrogen and oxygen atoms in total. The first-order chi connectivity index (χ1) is 13.2. The lowest BCUT2D eigenvalue weighted by Gasteiger charge is -2.52. The predicted molar refractivity (Wildman–Crippen MR) is 75.8 cm³/mol. The summed E-state index contributed by atoms with van der Waals surface area (Å²) < 4.78 is 158. The zero-order valence-electron chi connectivity index (χ0n) is 15.0. The molecule has 2 saturated carbocycles. The molecule has 2 rings (SSSR count). The number of halogens is 12. The van der Waals surface area contributed by atoms with Crippen molar-refractivity contribution in [2.24, 2.45) is 23.7 Å². The highest BCUT2D eigenvalue weighted by Gasteiger charge is 2.77. The van der Waals surface area contributed by atoms with Crippen LogP contribution in [0.25, 0.3) is 0 Å². The topological polar surface area (TPSA) is 40.5 Å². The highest BCUT2D eigenvalue weighted by Crippen LogP contribution is 2.60. The van der Waals surface area contributed by atoms with Crippen LogP contribution in [0.2, 0.25) is 0 Å². The Morgan fingerprint density at radius 3 is 1.37 bits per heavy atom. The molecule has 0 bridgehead atoms. The van der Waals surface area contributed by atoms with Gasteiger partial charge in [0, 0.05) is 11.8 Å². The van der Waals surface area contributed by atoms with E-state index in [2.05, 4.69) is 0 Å². The van der Waals surface area contributed by atoms with E-state index in [0.29, 0.717) is 0 Å². The summed E-state index contributed by atoms with van der Waals surface area (Å²) in [4.78, 5) is 0. The number of rotatable bonds is 2. The molecule has 0 heterocycles. The Morgan fingerprint density at radius 2 is 0.967 bits per heavy atom. The van der Waals surface area contributed by atoms with Crippen molar-refractivity contribution in [2.75, 3.05) is 0 Å². The summed E-state index contributed by atoms with van der Waals surface area (Å²) in [6.07, 6.45) is -28.9. The Morgan fingerprint density at radius 1 is 0.533 bits per heavy atom. The van der Waals surface area contributed by atoms with Crippen molar-refractivity contribution in [1.29, 1.82) is 0 Å². The van der Waals surface area contributed by atoms with Crippen molar-refractivity contribution in [3.05, 3.63) is 0 Å². The highest BCUT2D eigenvalue weighted by molar-refractivity contribution is 5.08. The van der Waals surface area contributed by atoms with Gasteiger partial charge >= 0.3 is 24.7 Å². The Labute approximate surface area is 162 Å². The van der Waals surface area contributed by atoms with Gasteiger partial charge in [0.05, 0.1) is 0 Å². The van der Waals surface area contributed by atoms with Crippen molar-refractivity contribution < 1.29 is 62.9 Å². The van der Waals surface area contributed by atoms with Crippen LogP contribution in [0.15, 0.2) is 0 Å². The Kier molecular flexibility index (Phi) is 6.17. The largest absolute Gasteiger partial charge is 0.426 e. The summed E-state index contributed by atoms with van der Waals surface area (Å²) in [7, 11) is 0. The molecule has 178 valence electrons. The molecule has 0 aromatic carbocycles.